The molecule has 2 aromatic rings. The number of aryl methyl sites for hydroxylation is 1. The van der Waals surface area contributed by atoms with Crippen molar-refractivity contribution in [1.29, 1.82) is 0 Å². The molecule has 0 spiro atoms. The van der Waals surface area contributed by atoms with Crippen molar-refractivity contribution in [1.82, 2.24) is 20.2 Å². The van der Waals surface area contributed by atoms with Crippen LogP contribution in [0.1, 0.15) is 12.8 Å². The summed E-state index contributed by atoms with van der Waals surface area (Å²) in [5.41, 5.74) is 0.377. The molecule has 6 nitrogen and oxygen atoms in total. The third kappa shape index (κ3) is 3.05. The van der Waals surface area contributed by atoms with E-state index in [0.717, 1.165) is 0 Å². The van der Waals surface area contributed by atoms with E-state index >= 15 is 0 Å². The molecule has 0 bridgehead atoms. The number of carboxylic acid groups (broad SMARTS) is 1. The lowest BCUT2D eigenvalue weighted by atomic mass is 10.2. The van der Waals surface area contributed by atoms with Crippen molar-refractivity contribution in [3.63, 3.8) is 0 Å². The van der Waals surface area contributed by atoms with E-state index in [1.54, 1.807) is 6.07 Å². The van der Waals surface area contributed by atoms with Crippen LogP contribution in [0.5, 0.6) is 0 Å². The Bertz CT molecular complexity index is 602. The molecule has 2 rings (SSSR count). The fraction of sp³-hybridized carbons (Fsp3) is 0.273. The van der Waals surface area contributed by atoms with Crippen LogP contribution in [-0.2, 0) is 11.3 Å². The molecule has 0 saturated heterocycles. The minimum Gasteiger partial charge on any atom is -0.481 e. The van der Waals surface area contributed by atoms with Crippen LogP contribution in [0.2, 0.25) is 5.02 Å². The van der Waals surface area contributed by atoms with Crippen LogP contribution in [-0.4, -0.2) is 31.3 Å². The van der Waals surface area contributed by atoms with Gasteiger partial charge in [-0.3, -0.25) is 4.79 Å². The van der Waals surface area contributed by atoms with Gasteiger partial charge in [0, 0.05) is 18.5 Å². The van der Waals surface area contributed by atoms with Crippen molar-refractivity contribution < 1.29 is 14.3 Å². The lowest BCUT2D eigenvalue weighted by Crippen LogP contribution is -2.06. The molecule has 1 N–H and O–H groups in total. The first kappa shape index (κ1) is 13.4. The van der Waals surface area contributed by atoms with Crippen LogP contribution in [0.4, 0.5) is 4.39 Å². The second-order valence-corrected chi connectivity index (χ2v) is 4.20. The van der Waals surface area contributed by atoms with Crippen molar-refractivity contribution in [2.24, 2.45) is 0 Å². The number of halogens is 2. The summed E-state index contributed by atoms with van der Waals surface area (Å²) in [4.78, 5) is 10.4. The monoisotopic (exact) mass is 284 g/mol. The van der Waals surface area contributed by atoms with Crippen LogP contribution in [0.25, 0.3) is 11.4 Å². The highest BCUT2D eigenvalue weighted by Crippen LogP contribution is 2.27. The first-order chi connectivity index (χ1) is 9.09. The smallest absolute Gasteiger partial charge is 0.303 e. The van der Waals surface area contributed by atoms with E-state index in [1.165, 1.54) is 16.8 Å². The Balaban J connectivity index is 2.24. The van der Waals surface area contributed by atoms with Gasteiger partial charge in [-0.05, 0) is 29.0 Å². The van der Waals surface area contributed by atoms with Crippen molar-refractivity contribution in [2.75, 3.05) is 0 Å². The van der Waals surface area contributed by atoms with Crippen LogP contribution in [0, 0.1) is 5.82 Å². The number of hydrogen-bond acceptors (Lipinski definition) is 4. The lowest BCUT2D eigenvalue weighted by Gasteiger charge is -2.05. The number of carbonyl (C=O) groups is 1. The maximum Gasteiger partial charge on any atom is 0.303 e. The summed E-state index contributed by atoms with van der Waals surface area (Å²) in [6.45, 7) is 0.321. The highest BCUT2D eigenvalue weighted by Gasteiger charge is 2.14. The maximum absolute atomic E-state index is 13.4. The molecular formula is C11H10ClFN4O2. The Morgan fingerprint density at radius 3 is 3.00 bits per heavy atom. The normalized spacial score (nSPS) is 10.6. The number of aromatic nitrogens is 4. The third-order valence-electron chi connectivity index (χ3n) is 2.48. The van der Waals surface area contributed by atoms with Crippen LogP contribution >= 0.6 is 11.6 Å². The first-order valence-corrected chi connectivity index (χ1v) is 5.89. The number of carboxylic acids is 1. The molecule has 19 heavy (non-hydrogen) atoms. The molecule has 0 aliphatic heterocycles. The predicted molar refractivity (Wildman–Crippen MR) is 65.1 cm³/mol. The van der Waals surface area contributed by atoms with Gasteiger partial charge in [0.1, 0.15) is 5.82 Å². The highest BCUT2D eigenvalue weighted by molar-refractivity contribution is 6.33. The van der Waals surface area contributed by atoms with Gasteiger partial charge < -0.3 is 5.11 Å². The molecule has 100 valence electrons. The number of rotatable bonds is 5. The number of hydrogen-bond donors (Lipinski definition) is 1. The van der Waals surface area contributed by atoms with Gasteiger partial charge in [-0.15, -0.1) is 5.10 Å². The molecule has 0 fully saturated rings. The zero-order valence-electron chi connectivity index (χ0n) is 9.75. The predicted octanol–water partition coefficient (Wildman–Crippen LogP) is 2.00. The molecule has 1 aromatic heterocycles. The van der Waals surface area contributed by atoms with Gasteiger partial charge in [0.2, 0.25) is 0 Å². The second kappa shape index (κ2) is 5.75. The quantitative estimate of drug-likeness (QED) is 0.908. The van der Waals surface area contributed by atoms with Gasteiger partial charge >= 0.3 is 5.97 Å². The third-order valence-corrected chi connectivity index (χ3v) is 2.87. The summed E-state index contributed by atoms with van der Waals surface area (Å²) in [5, 5.41) is 19.6. The largest absolute Gasteiger partial charge is 0.481 e. The molecule has 0 atom stereocenters. The van der Waals surface area contributed by atoms with Crippen LogP contribution in [0.3, 0.4) is 0 Å². The molecule has 0 aliphatic rings. The summed E-state index contributed by atoms with van der Waals surface area (Å²) in [6, 6.07) is 4.35. The molecule has 0 aliphatic carbocycles. The summed E-state index contributed by atoms with van der Waals surface area (Å²) >= 11 is 5.86. The van der Waals surface area contributed by atoms with Crippen LogP contribution in [0.15, 0.2) is 18.2 Å². The lowest BCUT2D eigenvalue weighted by molar-refractivity contribution is -0.137. The number of aliphatic carboxylic acids is 1. The average molecular weight is 285 g/mol. The zero-order valence-corrected chi connectivity index (χ0v) is 10.5. The zero-order chi connectivity index (χ0) is 13.8. The standard InChI is InChI=1S/C11H10ClFN4O2/c12-10-7(3-1-4-8(10)13)11-14-15-16-17(11)6-2-5-9(18)19/h1,3-4H,2,5-6H2,(H,18,19). The van der Waals surface area contributed by atoms with Crippen LogP contribution < -0.4 is 0 Å². The van der Waals surface area contributed by atoms with E-state index in [-0.39, 0.29) is 11.4 Å². The first-order valence-electron chi connectivity index (χ1n) is 5.52. The molecule has 0 unspecified atom stereocenters. The number of nitrogens with zero attached hydrogens (tertiary/aromatic N) is 4. The Labute approximate surface area is 112 Å². The Morgan fingerprint density at radius 2 is 2.26 bits per heavy atom. The highest BCUT2D eigenvalue weighted by atomic mass is 35.5. The summed E-state index contributed by atoms with van der Waals surface area (Å²) in [7, 11) is 0. The fourth-order valence-corrected chi connectivity index (χ4v) is 1.82. The topological polar surface area (TPSA) is 80.9 Å². The maximum atomic E-state index is 13.4. The molecule has 0 saturated carbocycles. The van der Waals surface area contributed by atoms with Crippen molar-refractivity contribution >= 4 is 17.6 Å². The Kier molecular flexibility index (Phi) is 4.06. The molecule has 0 amide bonds. The second-order valence-electron chi connectivity index (χ2n) is 3.82. The van der Waals surface area contributed by atoms with E-state index in [1.807, 2.05) is 0 Å². The molecule has 1 aromatic carbocycles. The number of tetrazole rings is 1. The molecule has 1 heterocycles. The number of benzene rings is 1. The van der Waals surface area contributed by atoms with Gasteiger partial charge in [0.15, 0.2) is 5.82 Å². The van der Waals surface area contributed by atoms with Gasteiger partial charge in [-0.2, -0.15) is 0 Å². The summed E-state index contributed by atoms with van der Waals surface area (Å²) in [6.07, 6.45) is 0.385. The SMILES string of the molecule is O=C(O)CCCn1nnnc1-c1cccc(F)c1Cl. The summed E-state index contributed by atoms with van der Waals surface area (Å²) in [5.74, 6) is -1.13. The van der Waals surface area contributed by atoms with Crippen molar-refractivity contribution in [3.8, 4) is 11.4 Å². The van der Waals surface area contributed by atoms with Crippen molar-refractivity contribution in [3.05, 3.63) is 29.0 Å². The fourth-order valence-electron chi connectivity index (χ4n) is 1.60. The Morgan fingerprint density at radius 1 is 1.47 bits per heavy atom. The van der Waals surface area contributed by atoms with Gasteiger partial charge in [0.25, 0.3) is 0 Å². The van der Waals surface area contributed by atoms with Crippen molar-refractivity contribution in [2.45, 2.75) is 19.4 Å². The van der Waals surface area contributed by atoms with E-state index in [9.17, 15) is 9.18 Å². The van der Waals surface area contributed by atoms with Gasteiger partial charge in [0.05, 0.1) is 5.02 Å². The van der Waals surface area contributed by atoms with Gasteiger partial charge in [-0.1, -0.05) is 17.7 Å². The molecule has 8 heteroatoms. The van der Waals surface area contributed by atoms with E-state index in [4.69, 9.17) is 16.7 Å². The summed E-state index contributed by atoms with van der Waals surface area (Å²) < 4.78 is 14.8. The average Bonchev–Trinajstić information content (AvgIpc) is 2.80. The Hall–Kier alpha value is -2.02. The van der Waals surface area contributed by atoms with Gasteiger partial charge in [-0.25, -0.2) is 9.07 Å². The molecular weight excluding hydrogens is 275 g/mol. The van der Waals surface area contributed by atoms with E-state index in [2.05, 4.69) is 15.5 Å². The van der Waals surface area contributed by atoms with E-state index in [0.29, 0.717) is 24.4 Å². The minimum atomic E-state index is -0.890. The minimum absolute atomic E-state index is 0.0101. The molecule has 0 radical (unpaired) electrons. The van der Waals surface area contributed by atoms with E-state index < -0.39 is 11.8 Å².